The summed E-state index contributed by atoms with van der Waals surface area (Å²) >= 11 is 11.8. The van der Waals surface area contributed by atoms with Crippen LogP contribution in [0.2, 0.25) is 0 Å². The number of halogens is 2. The molecule has 2 amide bonds. The second-order valence-electron chi connectivity index (χ2n) is 7.96. The zero-order chi connectivity index (χ0) is 24.9. The van der Waals surface area contributed by atoms with Crippen LogP contribution in [0.3, 0.4) is 0 Å². The fraction of sp³-hybridized carbons (Fsp3) is 0.192. The molecule has 4 aromatic rings. The van der Waals surface area contributed by atoms with Crippen molar-refractivity contribution in [2.24, 2.45) is 0 Å². The smallest absolute Gasteiger partial charge is 0.337 e. The molecule has 0 bridgehead atoms. The summed E-state index contributed by atoms with van der Waals surface area (Å²) in [5.74, 6) is -0.115. The number of carboxylic acids is 1. The van der Waals surface area contributed by atoms with Crippen LogP contribution in [0.25, 0.3) is 21.8 Å². The Morgan fingerprint density at radius 3 is 2.14 bits per heavy atom. The Morgan fingerprint density at radius 2 is 1.51 bits per heavy atom. The van der Waals surface area contributed by atoms with Crippen LogP contribution in [0.1, 0.15) is 15.9 Å². The van der Waals surface area contributed by atoms with Crippen molar-refractivity contribution in [3.63, 3.8) is 0 Å². The average molecular weight is 511 g/mol. The second-order valence-corrected chi connectivity index (χ2v) is 8.71. The van der Waals surface area contributed by atoms with Gasteiger partial charge in [-0.2, -0.15) is 0 Å². The van der Waals surface area contributed by atoms with E-state index in [1.165, 1.54) is 6.07 Å². The van der Waals surface area contributed by atoms with Gasteiger partial charge in [0.1, 0.15) is 0 Å². The molecule has 9 heteroatoms. The number of carboxylic acid groups (broad SMARTS) is 1. The first kappa shape index (κ1) is 24.6. The molecule has 3 N–H and O–H groups in total. The minimum absolute atomic E-state index is 0.0742. The minimum Gasteiger partial charge on any atom is -0.478 e. The van der Waals surface area contributed by atoms with Crippen LogP contribution < -0.4 is 15.5 Å². The lowest BCUT2D eigenvalue weighted by Crippen LogP contribution is -2.27. The number of hydrogen-bond donors (Lipinski definition) is 3. The Hall–Kier alpha value is -3.55. The molecule has 0 saturated carbocycles. The standard InChI is InChI=1S/C26H24Cl2N4O3/c1-16-4-2-5-19-22(16)30-24-20(6-3-7-21(24)25(33)34)23(19)31-26(35)29-17-8-10-18(11-9-17)32(14-12-27)15-13-28/h2-11H,12-15H2,1H3,(H,33,34)(H2,29,30,31,35). The number of alkyl halides is 2. The van der Waals surface area contributed by atoms with E-state index in [9.17, 15) is 14.7 Å². The number of aromatic nitrogens is 1. The third kappa shape index (κ3) is 5.26. The van der Waals surface area contributed by atoms with Gasteiger partial charge in [0.2, 0.25) is 0 Å². The van der Waals surface area contributed by atoms with E-state index in [2.05, 4.69) is 20.5 Å². The molecule has 0 spiro atoms. The van der Waals surface area contributed by atoms with Crippen LogP contribution in [-0.4, -0.2) is 46.9 Å². The number of nitrogens with zero attached hydrogens (tertiary/aromatic N) is 2. The summed E-state index contributed by atoms with van der Waals surface area (Å²) in [5.41, 5.74) is 3.97. The number of pyridine rings is 1. The number of aryl methyl sites for hydroxylation is 1. The molecular formula is C26H24Cl2N4O3. The molecule has 0 radical (unpaired) electrons. The third-order valence-electron chi connectivity index (χ3n) is 5.70. The summed E-state index contributed by atoms with van der Waals surface area (Å²) in [6.45, 7) is 3.23. The summed E-state index contributed by atoms with van der Waals surface area (Å²) in [4.78, 5) is 31.5. The Balaban J connectivity index is 1.66. The van der Waals surface area contributed by atoms with Gasteiger partial charge >= 0.3 is 12.0 Å². The van der Waals surface area contributed by atoms with E-state index < -0.39 is 12.0 Å². The number of fused-ring (bicyclic) bond motifs is 2. The van der Waals surface area contributed by atoms with Crippen LogP contribution in [0.4, 0.5) is 21.9 Å². The van der Waals surface area contributed by atoms with Crippen molar-refractivity contribution in [1.29, 1.82) is 0 Å². The molecule has 0 aliphatic carbocycles. The number of carbonyl (C=O) groups excluding carboxylic acids is 1. The van der Waals surface area contributed by atoms with Crippen molar-refractivity contribution < 1.29 is 14.7 Å². The Labute approximate surface area is 212 Å². The molecule has 1 aromatic heterocycles. The van der Waals surface area contributed by atoms with Gasteiger partial charge in [-0.25, -0.2) is 14.6 Å². The Morgan fingerprint density at radius 1 is 0.886 bits per heavy atom. The second kappa shape index (κ2) is 10.8. The lowest BCUT2D eigenvalue weighted by atomic mass is 10.0. The predicted molar refractivity (Wildman–Crippen MR) is 144 cm³/mol. The van der Waals surface area contributed by atoms with E-state index >= 15 is 0 Å². The molecule has 3 aromatic carbocycles. The molecule has 0 atom stereocenters. The largest absolute Gasteiger partial charge is 0.478 e. The van der Waals surface area contributed by atoms with Crippen molar-refractivity contribution in [2.75, 3.05) is 40.4 Å². The molecule has 1 heterocycles. The fourth-order valence-electron chi connectivity index (χ4n) is 4.04. The monoisotopic (exact) mass is 510 g/mol. The van der Waals surface area contributed by atoms with Crippen LogP contribution in [0, 0.1) is 6.92 Å². The minimum atomic E-state index is -1.08. The first-order chi connectivity index (χ1) is 16.9. The summed E-state index contributed by atoms with van der Waals surface area (Å²) in [6, 6.07) is 17.5. The van der Waals surface area contributed by atoms with Gasteiger partial charge in [-0.1, -0.05) is 30.3 Å². The van der Waals surface area contributed by atoms with E-state index in [4.69, 9.17) is 23.2 Å². The van der Waals surface area contributed by atoms with Gasteiger partial charge in [0, 0.05) is 47.0 Å². The topological polar surface area (TPSA) is 94.6 Å². The number of rotatable bonds is 8. The quantitative estimate of drug-likeness (QED) is 0.190. The molecule has 180 valence electrons. The van der Waals surface area contributed by atoms with Crippen molar-refractivity contribution in [3.8, 4) is 0 Å². The lowest BCUT2D eigenvalue weighted by Gasteiger charge is -2.23. The SMILES string of the molecule is Cc1cccc2c(NC(=O)Nc3ccc(N(CCCl)CCCl)cc3)c3cccc(C(=O)O)c3nc12. The van der Waals surface area contributed by atoms with Gasteiger partial charge in [0.15, 0.2) is 0 Å². The highest BCUT2D eigenvalue weighted by atomic mass is 35.5. The molecule has 4 rings (SSSR count). The lowest BCUT2D eigenvalue weighted by molar-refractivity contribution is 0.0699. The number of benzene rings is 3. The molecule has 7 nitrogen and oxygen atoms in total. The highest BCUT2D eigenvalue weighted by Crippen LogP contribution is 2.34. The number of nitrogens with one attached hydrogen (secondary N) is 2. The van der Waals surface area contributed by atoms with Crippen LogP contribution in [-0.2, 0) is 0 Å². The maximum absolute atomic E-state index is 13.0. The first-order valence-corrected chi connectivity index (χ1v) is 12.1. The van der Waals surface area contributed by atoms with Gasteiger partial charge in [-0.15, -0.1) is 23.2 Å². The molecule has 0 aliphatic rings. The zero-order valence-electron chi connectivity index (χ0n) is 19.0. The highest BCUT2D eigenvalue weighted by Gasteiger charge is 2.18. The number of aromatic carboxylic acids is 1. The van der Waals surface area contributed by atoms with Crippen LogP contribution >= 0.6 is 23.2 Å². The van der Waals surface area contributed by atoms with Gasteiger partial charge in [0.05, 0.1) is 22.3 Å². The third-order valence-corrected chi connectivity index (χ3v) is 6.04. The van der Waals surface area contributed by atoms with Crippen LogP contribution in [0.5, 0.6) is 0 Å². The summed E-state index contributed by atoms with van der Waals surface area (Å²) in [7, 11) is 0. The zero-order valence-corrected chi connectivity index (χ0v) is 20.5. The molecule has 0 unspecified atom stereocenters. The van der Waals surface area contributed by atoms with Gasteiger partial charge in [-0.3, -0.25) is 0 Å². The number of amides is 2. The molecule has 0 saturated heterocycles. The highest BCUT2D eigenvalue weighted by molar-refractivity contribution is 6.19. The number of para-hydroxylation sites is 2. The average Bonchev–Trinajstić information content (AvgIpc) is 2.84. The van der Waals surface area contributed by atoms with E-state index in [1.807, 2.05) is 37.3 Å². The van der Waals surface area contributed by atoms with Crippen molar-refractivity contribution in [2.45, 2.75) is 6.92 Å². The fourth-order valence-corrected chi connectivity index (χ4v) is 4.45. The maximum atomic E-state index is 13.0. The van der Waals surface area contributed by atoms with Crippen molar-refractivity contribution in [3.05, 3.63) is 71.8 Å². The Bertz CT molecular complexity index is 1390. The first-order valence-electron chi connectivity index (χ1n) is 11.0. The Kier molecular flexibility index (Phi) is 7.58. The van der Waals surface area contributed by atoms with E-state index in [1.54, 1.807) is 24.3 Å². The van der Waals surface area contributed by atoms with Gasteiger partial charge in [-0.05, 0) is 42.8 Å². The predicted octanol–water partition coefficient (Wildman–Crippen LogP) is 6.32. The number of anilines is 3. The maximum Gasteiger partial charge on any atom is 0.337 e. The summed E-state index contributed by atoms with van der Waals surface area (Å²) in [5, 5.41) is 16.7. The summed E-state index contributed by atoms with van der Waals surface area (Å²) < 4.78 is 0. The molecule has 0 fully saturated rings. The number of urea groups is 1. The molecule has 35 heavy (non-hydrogen) atoms. The molecule has 0 aliphatic heterocycles. The summed E-state index contributed by atoms with van der Waals surface area (Å²) in [6.07, 6.45) is 0. The van der Waals surface area contributed by atoms with Gasteiger partial charge in [0.25, 0.3) is 0 Å². The molecular weight excluding hydrogens is 487 g/mol. The number of carbonyl (C=O) groups is 2. The van der Waals surface area contributed by atoms with E-state index in [0.29, 0.717) is 52.6 Å². The van der Waals surface area contributed by atoms with Crippen molar-refractivity contribution in [1.82, 2.24) is 4.98 Å². The number of hydrogen-bond acceptors (Lipinski definition) is 4. The van der Waals surface area contributed by atoms with Gasteiger partial charge < -0.3 is 20.6 Å². The van der Waals surface area contributed by atoms with Crippen LogP contribution in [0.15, 0.2) is 60.7 Å². The van der Waals surface area contributed by atoms with E-state index in [0.717, 1.165) is 16.6 Å². The van der Waals surface area contributed by atoms with Crippen molar-refractivity contribution >= 4 is 74.1 Å². The normalized spacial score (nSPS) is 10.9. The van der Waals surface area contributed by atoms with E-state index in [-0.39, 0.29) is 5.56 Å².